The molecule has 3 N–H and O–H groups in total. The molecular formula is C16H31N3O4. The molecule has 1 aliphatic rings. The number of urea groups is 1. The van der Waals surface area contributed by atoms with Crippen LogP contribution >= 0.6 is 0 Å². The Morgan fingerprint density at radius 1 is 1.35 bits per heavy atom. The molecule has 1 aliphatic carbocycles. The van der Waals surface area contributed by atoms with Crippen molar-refractivity contribution < 1.29 is 19.4 Å². The standard InChI is InChI=1S/C16H31N3O4/c1-5-19(10-14(20)21)13-8-12(9-13)18-15(22)17-11-16(2,3)6-7-23-4/h12-13H,5-11H2,1-4H3,(H,20,21)(H2,17,18,22). The molecular weight excluding hydrogens is 298 g/mol. The maximum Gasteiger partial charge on any atom is 0.317 e. The second-order valence-electron chi connectivity index (χ2n) is 7.01. The molecule has 23 heavy (non-hydrogen) atoms. The Morgan fingerprint density at radius 2 is 2.00 bits per heavy atom. The summed E-state index contributed by atoms with van der Waals surface area (Å²) < 4.78 is 5.07. The van der Waals surface area contributed by atoms with Crippen molar-refractivity contribution in [2.75, 3.05) is 33.4 Å². The van der Waals surface area contributed by atoms with Crippen molar-refractivity contribution in [2.24, 2.45) is 5.41 Å². The smallest absolute Gasteiger partial charge is 0.317 e. The van der Waals surface area contributed by atoms with Crippen molar-refractivity contribution in [3.05, 3.63) is 0 Å². The minimum absolute atomic E-state index is 0.00397. The number of hydrogen-bond acceptors (Lipinski definition) is 4. The first-order valence-electron chi connectivity index (χ1n) is 8.26. The van der Waals surface area contributed by atoms with Gasteiger partial charge in [0.15, 0.2) is 0 Å². The Kier molecular flexibility index (Phi) is 7.78. The molecule has 0 aromatic heterocycles. The maximum atomic E-state index is 11.9. The molecule has 7 nitrogen and oxygen atoms in total. The van der Waals surface area contributed by atoms with Crippen LogP contribution in [0.4, 0.5) is 4.79 Å². The number of likely N-dealkylation sites (N-methyl/N-ethyl adjacent to an activating group) is 1. The van der Waals surface area contributed by atoms with E-state index in [2.05, 4.69) is 24.5 Å². The Balaban J connectivity index is 2.24. The highest BCUT2D eigenvalue weighted by molar-refractivity contribution is 5.74. The van der Waals surface area contributed by atoms with Gasteiger partial charge in [0, 0.05) is 32.3 Å². The van der Waals surface area contributed by atoms with Crippen molar-refractivity contribution >= 4 is 12.0 Å². The first kappa shape index (κ1) is 19.7. The van der Waals surface area contributed by atoms with Crippen LogP contribution in [-0.2, 0) is 9.53 Å². The van der Waals surface area contributed by atoms with Crippen LogP contribution in [0.2, 0.25) is 0 Å². The van der Waals surface area contributed by atoms with Gasteiger partial charge in [-0.25, -0.2) is 4.79 Å². The highest BCUT2D eigenvalue weighted by Crippen LogP contribution is 2.25. The molecule has 7 heteroatoms. The molecule has 2 amide bonds. The van der Waals surface area contributed by atoms with Gasteiger partial charge in [-0.3, -0.25) is 9.69 Å². The van der Waals surface area contributed by atoms with E-state index in [9.17, 15) is 9.59 Å². The molecule has 0 unspecified atom stereocenters. The van der Waals surface area contributed by atoms with E-state index < -0.39 is 5.97 Å². The summed E-state index contributed by atoms with van der Waals surface area (Å²) in [5.74, 6) is -0.806. The first-order valence-corrected chi connectivity index (χ1v) is 8.26. The van der Waals surface area contributed by atoms with Gasteiger partial charge in [-0.1, -0.05) is 20.8 Å². The Hall–Kier alpha value is -1.34. The van der Waals surface area contributed by atoms with Crippen LogP contribution in [0.15, 0.2) is 0 Å². The molecule has 1 saturated carbocycles. The summed E-state index contributed by atoms with van der Waals surface area (Å²) >= 11 is 0. The maximum absolute atomic E-state index is 11.9. The lowest BCUT2D eigenvalue weighted by Crippen LogP contribution is -2.56. The average molecular weight is 329 g/mol. The third-order valence-corrected chi connectivity index (χ3v) is 4.42. The lowest BCUT2D eigenvalue weighted by molar-refractivity contribution is -0.139. The quantitative estimate of drug-likeness (QED) is 0.562. The van der Waals surface area contributed by atoms with Crippen LogP contribution in [0.5, 0.6) is 0 Å². The zero-order valence-corrected chi connectivity index (χ0v) is 14.7. The number of ether oxygens (including phenoxy) is 1. The number of aliphatic carboxylic acids is 1. The Morgan fingerprint density at radius 3 is 2.52 bits per heavy atom. The summed E-state index contributed by atoms with van der Waals surface area (Å²) in [6.07, 6.45) is 2.50. The second kappa shape index (κ2) is 9.08. The Bertz CT molecular complexity index is 395. The highest BCUT2D eigenvalue weighted by atomic mass is 16.5. The number of nitrogens with zero attached hydrogens (tertiary/aromatic N) is 1. The van der Waals surface area contributed by atoms with E-state index in [-0.39, 0.29) is 30.1 Å². The minimum Gasteiger partial charge on any atom is -0.480 e. The largest absolute Gasteiger partial charge is 0.480 e. The number of nitrogens with one attached hydrogen (secondary N) is 2. The predicted molar refractivity (Wildman–Crippen MR) is 88.5 cm³/mol. The number of carbonyl (C=O) groups is 2. The second-order valence-corrected chi connectivity index (χ2v) is 7.01. The fourth-order valence-electron chi connectivity index (χ4n) is 2.70. The first-order chi connectivity index (χ1) is 10.8. The zero-order valence-electron chi connectivity index (χ0n) is 14.7. The SMILES string of the molecule is CCN(CC(=O)O)C1CC(NC(=O)NCC(C)(C)CCOC)C1. The topological polar surface area (TPSA) is 90.9 Å². The molecule has 1 fully saturated rings. The molecule has 0 atom stereocenters. The van der Waals surface area contributed by atoms with E-state index in [1.807, 2.05) is 11.8 Å². The molecule has 0 radical (unpaired) electrons. The van der Waals surface area contributed by atoms with Gasteiger partial charge in [-0.15, -0.1) is 0 Å². The van der Waals surface area contributed by atoms with Crippen molar-refractivity contribution in [2.45, 2.75) is 52.1 Å². The van der Waals surface area contributed by atoms with E-state index in [4.69, 9.17) is 9.84 Å². The van der Waals surface area contributed by atoms with Crippen LogP contribution < -0.4 is 10.6 Å². The third kappa shape index (κ3) is 7.18. The summed E-state index contributed by atoms with van der Waals surface area (Å²) in [5.41, 5.74) is -0.00397. The number of carboxylic acids is 1. The zero-order chi connectivity index (χ0) is 17.5. The molecule has 0 aromatic carbocycles. The van der Waals surface area contributed by atoms with Crippen LogP contribution in [-0.4, -0.2) is 67.4 Å². The summed E-state index contributed by atoms with van der Waals surface area (Å²) in [6.45, 7) is 8.19. The molecule has 0 bridgehead atoms. The Labute approximate surface area is 138 Å². The third-order valence-electron chi connectivity index (χ3n) is 4.42. The van der Waals surface area contributed by atoms with E-state index in [1.165, 1.54) is 0 Å². The minimum atomic E-state index is -0.806. The number of methoxy groups -OCH3 is 1. The number of amides is 2. The van der Waals surface area contributed by atoms with Gasteiger partial charge in [-0.05, 0) is 31.2 Å². The monoisotopic (exact) mass is 329 g/mol. The van der Waals surface area contributed by atoms with Crippen LogP contribution in [0.1, 0.15) is 40.0 Å². The van der Waals surface area contributed by atoms with Crippen molar-refractivity contribution in [3.63, 3.8) is 0 Å². The van der Waals surface area contributed by atoms with Crippen molar-refractivity contribution in [3.8, 4) is 0 Å². The molecule has 0 heterocycles. The van der Waals surface area contributed by atoms with Crippen LogP contribution in [0, 0.1) is 5.41 Å². The fourth-order valence-corrected chi connectivity index (χ4v) is 2.70. The van der Waals surface area contributed by atoms with Gasteiger partial charge in [0.25, 0.3) is 0 Å². The summed E-state index contributed by atoms with van der Waals surface area (Å²) in [4.78, 5) is 24.7. The molecule has 0 spiro atoms. The lowest BCUT2D eigenvalue weighted by Gasteiger charge is -2.42. The molecule has 0 saturated heterocycles. The number of hydrogen-bond donors (Lipinski definition) is 3. The van der Waals surface area contributed by atoms with Gasteiger partial charge in [0.1, 0.15) is 0 Å². The van der Waals surface area contributed by atoms with Crippen molar-refractivity contribution in [1.82, 2.24) is 15.5 Å². The van der Waals surface area contributed by atoms with Gasteiger partial charge >= 0.3 is 12.0 Å². The number of carbonyl (C=O) groups excluding carboxylic acids is 1. The van der Waals surface area contributed by atoms with Crippen LogP contribution in [0.25, 0.3) is 0 Å². The fraction of sp³-hybridized carbons (Fsp3) is 0.875. The van der Waals surface area contributed by atoms with E-state index in [0.29, 0.717) is 19.7 Å². The van der Waals surface area contributed by atoms with Gasteiger partial charge in [0.2, 0.25) is 0 Å². The number of rotatable bonds is 10. The van der Waals surface area contributed by atoms with E-state index in [1.54, 1.807) is 7.11 Å². The highest BCUT2D eigenvalue weighted by Gasteiger charge is 2.34. The lowest BCUT2D eigenvalue weighted by atomic mass is 9.85. The molecule has 134 valence electrons. The summed E-state index contributed by atoms with van der Waals surface area (Å²) in [5, 5.41) is 14.7. The van der Waals surface area contributed by atoms with Crippen molar-refractivity contribution in [1.29, 1.82) is 0 Å². The average Bonchev–Trinajstić information content (AvgIpc) is 2.44. The van der Waals surface area contributed by atoms with Gasteiger partial charge in [-0.2, -0.15) is 0 Å². The van der Waals surface area contributed by atoms with E-state index >= 15 is 0 Å². The van der Waals surface area contributed by atoms with Gasteiger partial charge < -0.3 is 20.5 Å². The number of carboxylic acid groups (broad SMARTS) is 1. The molecule has 1 rings (SSSR count). The predicted octanol–water partition coefficient (Wildman–Crippen LogP) is 1.29. The summed E-state index contributed by atoms with van der Waals surface area (Å²) in [7, 11) is 1.67. The normalized spacial score (nSPS) is 20.9. The van der Waals surface area contributed by atoms with Gasteiger partial charge in [0.05, 0.1) is 6.54 Å². The van der Waals surface area contributed by atoms with E-state index in [0.717, 1.165) is 19.3 Å². The van der Waals surface area contributed by atoms with Crippen LogP contribution in [0.3, 0.4) is 0 Å². The molecule has 0 aromatic rings. The molecule has 0 aliphatic heterocycles. The summed E-state index contributed by atoms with van der Waals surface area (Å²) in [6, 6.07) is 0.227.